The highest BCUT2D eigenvalue weighted by Crippen LogP contribution is 2.21. The van der Waals surface area contributed by atoms with Crippen molar-refractivity contribution in [2.24, 2.45) is 5.73 Å². The van der Waals surface area contributed by atoms with Crippen molar-refractivity contribution in [1.29, 1.82) is 0 Å². The third kappa shape index (κ3) is 3.42. The largest absolute Gasteiger partial charge is 0.468 e. The van der Waals surface area contributed by atoms with Gasteiger partial charge in [-0.15, -0.1) is 0 Å². The van der Waals surface area contributed by atoms with Crippen LogP contribution in [-0.4, -0.2) is 56.7 Å². The van der Waals surface area contributed by atoms with E-state index in [1.54, 1.807) is 0 Å². The Labute approximate surface area is 124 Å². The van der Waals surface area contributed by atoms with Gasteiger partial charge in [0.1, 0.15) is 6.04 Å². The van der Waals surface area contributed by atoms with Gasteiger partial charge in [-0.05, 0) is 18.2 Å². The number of rotatable bonds is 4. The maximum absolute atomic E-state index is 11.7. The minimum atomic E-state index is -0.346. The summed E-state index contributed by atoms with van der Waals surface area (Å²) in [5, 5.41) is 0.735. The van der Waals surface area contributed by atoms with Gasteiger partial charge in [-0.3, -0.25) is 9.69 Å². The van der Waals surface area contributed by atoms with Crippen LogP contribution in [0.2, 0.25) is 5.02 Å². The Morgan fingerprint density at radius 2 is 2.10 bits per heavy atom. The monoisotopic (exact) mass is 297 g/mol. The lowest BCUT2D eigenvalue weighted by Crippen LogP contribution is -2.55. The summed E-state index contributed by atoms with van der Waals surface area (Å²) in [5.74, 6) is -0.260. The molecule has 1 atom stereocenters. The molecule has 1 heterocycles. The Bertz CT molecular complexity index is 461. The highest BCUT2D eigenvalue weighted by molar-refractivity contribution is 6.30. The van der Waals surface area contributed by atoms with Gasteiger partial charge in [0, 0.05) is 43.4 Å². The molecular weight excluding hydrogens is 278 g/mol. The molecule has 0 radical (unpaired) electrons. The molecule has 2 N–H and O–H groups in total. The number of nitrogens with zero attached hydrogens (tertiary/aromatic N) is 2. The number of methoxy groups -OCH3 is 1. The van der Waals surface area contributed by atoms with Gasteiger partial charge < -0.3 is 15.4 Å². The molecule has 0 aliphatic carbocycles. The number of benzene rings is 1. The van der Waals surface area contributed by atoms with Crippen LogP contribution < -0.4 is 10.6 Å². The number of carbonyl (C=O) groups excluding carboxylic acids is 1. The minimum Gasteiger partial charge on any atom is -0.468 e. The zero-order valence-electron chi connectivity index (χ0n) is 11.6. The first-order valence-electron chi connectivity index (χ1n) is 6.68. The topological polar surface area (TPSA) is 58.8 Å². The molecule has 6 heteroatoms. The fourth-order valence-corrected chi connectivity index (χ4v) is 2.68. The summed E-state index contributed by atoms with van der Waals surface area (Å²) in [5.41, 5.74) is 6.78. The van der Waals surface area contributed by atoms with Crippen molar-refractivity contribution in [2.75, 3.05) is 44.7 Å². The molecule has 0 aromatic heterocycles. The van der Waals surface area contributed by atoms with Crippen molar-refractivity contribution in [3.05, 3.63) is 29.3 Å². The maximum atomic E-state index is 11.7. The Morgan fingerprint density at radius 3 is 2.65 bits per heavy atom. The van der Waals surface area contributed by atoms with Crippen LogP contribution >= 0.6 is 11.6 Å². The number of nitrogens with two attached hydrogens (primary N) is 1. The van der Waals surface area contributed by atoms with Crippen LogP contribution in [0.4, 0.5) is 5.69 Å². The van der Waals surface area contributed by atoms with Gasteiger partial charge >= 0.3 is 5.97 Å². The van der Waals surface area contributed by atoms with Crippen LogP contribution in [0.3, 0.4) is 0 Å². The normalized spacial score (nSPS) is 17.9. The first kappa shape index (κ1) is 15.1. The van der Waals surface area contributed by atoms with Crippen molar-refractivity contribution in [2.45, 2.75) is 6.04 Å². The molecule has 1 aliphatic heterocycles. The number of esters is 1. The molecule has 1 aromatic rings. The summed E-state index contributed by atoms with van der Waals surface area (Å²) < 4.78 is 4.79. The maximum Gasteiger partial charge on any atom is 0.324 e. The highest BCUT2D eigenvalue weighted by atomic mass is 35.5. The van der Waals surface area contributed by atoms with E-state index >= 15 is 0 Å². The van der Waals surface area contributed by atoms with E-state index in [2.05, 4.69) is 9.80 Å². The second-order valence-corrected chi connectivity index (χ2v) is 5.21. The SMILES string of the molecule is COC(=O)C(CN)N1CCN(c2cccc(Cl)c2)CC1. The molecule has 20 heavy (non-hydrogen) atoms. The van der Waals surface area contributed by atoms with Crippen LogP contribution in [0.25, 0.3) is 0 Å². The molecule has 1 aromatic carbocycles. The minimum absolute atomic E-state index is 0.260. The van der Waals surface area contributed by atoms with E-state index in [1.807, 2.05) is 24.3 Å². The molecule has 0 saturated carbocycles. The Morgan fingerprint density at radius 1 is 1.40 bits per heavy atom. The summed E-state index contributed by atoms with van der Waals surface area (Å²) in [6, 6.07) is 7.46. The molecule has 110 valence electrons. The predicted octanol–water partition coefficient (Wildman–Crippen LogP) is 0.962. The Hall–Kier alpha value is -1.30. The zero-order chi connectivity index (χ0) is 14.5. The average Bonchev–Trinajstić information content (AvgIpc) is 2.48. The third-order valence-corrected chi connectivity index (χ3v) is 3.86. The zero-order valence-corrected chi connectivity index (χ0v) is 12.3. The summed E-state index contributed by atoms with van der Waals surface area (Å²) in [4.78, 5) is 16.0. The van der Waals surface area contributed by atoms with Gasteiger partial charge in [-0.2, -0.15) is 0 Å². The number of anilines is 1. The summed E-state index contributed by atoms with van der Waals surface area (Å²) >= 11 is 6.01. The molecule has 5 nitrogen and oxygen atoms in total. The lowest BCUT2D eigenvalue weighted by Gasteiger charge is -2.38. The Kier molecular flexibility index (Phi) is 5.23. The molecule has 0 amide bonds. The molecule has 0 spiro atoms. The fourth-order valence-electron chi connectivity index (χ4n) is 2.50. The lowest BCUT2D eigenvalue weighted by atomic mass is 10.2. The van der Waals surface area contributed by atoms with Gasteiger partial charge in [0.25, 0.3) is 0 Å². The molecule has 1 fully saturated rings. The first-order chi connectivity index (χ1) is 9.65. The van der Waals surface area contributed by atoms with Gasteiger partial charge in [-0.25, -0.2) is 0 Å². The van der Waals surface area contributed by atoms with Gasteiger partial charge in [0.05, 0.1) is 7.11 Å². The van der Waals surface area contributed by atoms with E-state index in [0.29, 0.717) is 0 Å². The fraction of sp³-hybridized carbons (Fsp3) is 0.500. The molecule has 1 aliphatic rings. The number of hydrogen-bond donors (Lipinski definition) is 1. The van der Waals surface area contributed by atoms with Crippen molar-refractivity contribution >= 4 is 23.3 Å². The second kappa shape index (κ2) is 6.92. The summed E-state index contributed by atoms with van der Waals surface area (Å²) in [6.07, 6.45) is 0. The first-order valence-corrected chi connectivity index (χ1v) is 7.06. The number of carbonyl (C=O) groups is 1. The van der Waals surface area contributed by atoms with Crippen molar-refractivity contribution < 1.29 is 9.53 Å². The van der Waals surface area contributed by atoms with Crippen LogP contribution in [0.1, 0.15) is 0 Å². The molecular formula is C14H20ClN3O2. The quantitative estimate of drug-likeness (QED) is 0.839. The molecule has 1 unspecified atom stereocenters. The predicted molar refractivity (Wildman–Crippen MR) is 80.1 cm³/mol. The standard InChI is InChI=1S/C14H20ClN3O2/c1-20-14(19)13(10-16)18-7-5-17(6-8-18)12-4-2-3-11(15)9-12/h2-4,9,13H,5-8,10,16H2,1H3. The van der Waals surface area contributed by atoms with Crippen molar-refractivity contribution in [1.82, 2.24) is 4.90 Å². The van der Waals surface area contributed by atoms with Crippen molar-refractivity contribution in [3.8, 4) is 0 Å². The van der Waals surface area contributed by atoms with Gasteiger partial charge in [0.15, 0.2) is 0 Å². The lowest BCUT2D eigenvalue weighted by molar-refractivity contribution is -0.146. The number of piperazine rings is 1. The van der Waals surface area contributed by atoms with Gasteiger partial charge in [-0.1, -0.05) is 17.7 Å². The van der Waals surface area contributed by atoms with Crippen LogP contribution in [0.15, 0.2) is 24.3 Å². The van der Waals surface area contributed by atoms with E-state index in [1.165, 1.54) is 7.11 Å². The van der Waals surface area contributed by atoms with E-state index in [4.69, 9.17) is 22.1 Å². The van der Waals surface area contributed by atoms with Crippen LogP contribution in [0.5, 0.6) is 0 Å². The Balaban J connectivity index is 1.96. The average molecular weight is 298 g/mol. The van der Waals surface area contributed by atoms with E-state index < -0.39 is 0 Å². The molecule has 0 bridgehead atoms. The van der Waals surface area contributed by atoms with Crippen LogP contribution in [0, 0.1) is 0 Å². The number of halogens is 1. The highest BCUT2D eigenvalue weighted by Gasteiger charge is 2.28. The summed E-state index contributed by atoms with van der Waals surface area (Å²) in [6.45, 7) is 3.53. The smallest absolute Gasteiger partial charge is 0.324 e. The molecule has 2 rings (SSSR count). The third-order valence-electron chi connectivity index (χ3n) is 3.62. The second-order valence-electron chi connectivity index (χ2n) is 4.78. The van der Waals surface area contributed by atoms with E-state index in [-0.39, 0.29) is 18.6 Å². The van der Waals surface area contributed by atoms with E-state index in [0.717, 1.165) is 36.9 Å². The van der Waals surface area contributed by atoms with Crippen molar-refractivity contribution in [3.63, 3.8) is 0 Å². The molecule has 1 saturated heterocycles. The number of hydrogen-bond acceptors (Lipinski definition) is 5. The van der Waals surface area contributed by atoms with Crippen LogP contribution in [-0.2, 0) is 9.53 Å². The summed E-state index contributed by atoms with van der Waals surface area (Å²) in [7, 11) is 1.40. The van der Waals surface area contributed by atoms with E-state index in [9.17, 15) is 4.79 Å². The van der Waals surface area contributed by atoms with Gasteiger partial charge in [0.2, 0.25) is 0 Å². The number of ether oxygens (including phenoxy) is 1.